The van der Waals surface area contributed by atoms with E-state index in [4.69, 9.17) is 0 Å². The molecular formula is C27H32N8O2. The Labute approximate surface area is 216 Å². The highest BCUT2D eigenvalue weighted by molar-refractivity contribution is 5.96. The van der Waals surface area contributed by atoms with Crippen molar-refractivity contribution in [1.82, 2.24) is 19.4 Å². The van der Waals surface area contributed by atoms with Gasteiger partial charge in [-0.2, -0.15) is 5.26 Å². The summed E-state index contributed by atoms with van der Waals surface area (Å²) in [5.41, 5.74) is 5.12. The van der Waals surface area contributed by atoms with E-state index in [9.17, 15) is 15.4 Å². The Hall–Kier alpha value is -4.49. The van der Waals surface area contributed by atoms with Crippen LogP contribution in [0.15, 0.2) is 48.8 Å². The van der Waals surface area contributed by atoms with Crippen LogP contribution in [0.4, 0.5) is 23.0 Å². The number of hydrogen-bond acceptors (Lipinski definition) is 8. The molecule has 0 unspecified atom stereocenters. The van der Waals surface area contributed by atoms with E-state index in [2.05, 4.69) is 21.4 Å². The molecule has 37 heavy (non-hydrogen) atoms. The highest BCUT2D eigenvalue weighted by Gasteiger charge is 2.21. The van der Waals surface area contributed by atoms with Gasteiger partial charge in [-0.25, -0.2) is 9.97 Å². The molecule has 0 radical (unpaired) electrons. The van der Waals surface area contributed by atoms with Crippen molar-refractivity contribution >= 4 is 33.9 Å². The SMILES string of the molecule is C.Cc1cc(N(C)CCN(C)C)c([N+](=O)[O-])cc1Nc1nccc(-c2cn(C)c3cc(C#N)ccc23)n1. The van der Waals surface area contributed by atoms with E-state index >= 15 is 0 Å². The number of aromatic nitrogens is 3. The summed E-state index contributed by atoms with van der Waals surface area (Å²) in [6.45, 7) is 3.34. The lowest BCUT2D eigenvalue weighted by Crippen LogP contribution is -2.29. The van der Waals surface area contributed by atoms with E-state index < -0.39 is 0 Å². The molecule has 0 bridgehead atoms. The van der Waals surface area contributed by atoms with Gasteiger partial charge in [0, 0.05) is 62.1 Å². The molecule has 0 saturated carbocycles. The normalized spacial score (nSPS) is 10.7. The lowest BCUT2D eigenvalue weighted by Gasteiger charge is -2.22. The molecule has 0 fully saturated rings. The molecule has 0 amide bonds. The zero-order valence-electron chi connectivity index (χ0n) is 21.0. The molecule has 4 aromatic rings. The first-order valence-corrected chi connectivity index (χ1v) is 11.4. The predicted octanol–water partition coefficient (Wildman–Crippen LogP) is 5.10. The number of rotatable bonds is 8. The lowest BCUT2D eigenvalue weighted by molar-refractivity contribution is -0.384. The van der Waals surface area contributed by atoms with Gasteiger partial charge in [0.2, 0.25) is 5.95 Å². The number of nitro groups is 1. The number of aryl methyl sites for hydroxylation is 2. The van der Waals surface area contributed by atoms with Gasteiger partial charge in [0.25, 0.3) is 5.69 Å². The minimum atomic E-state index is -0.366. The van der Waals surface area contributed by atoms with E-state index in [1.165, 1.54) is 6.07 Å². The number of benzene rings is 2. The van der Waals surface area contributed by atoms with Gasteiger partial charge in [-0.15, -0.1) is 0 Å². The molecule has 0 aliphatic carbocycles. The van der Waals surface area contributed by atoms with Crippen molar-refractivity contribution in [2.24, 2.45) is 7.05 Å². The number of nitrogens with one attached hydrogen (secondary N) is 1. The molecule has 10 nitrogen and oxygen atoms in total. The van der Waals surface area contributed by atoms with Crippen molar-refractivity contribution in [3.05, 3.63) is 70.0 Å². The van der Waals surface area contributed by atoms with Crippen LogP contribution < -0.4 is 10.2 Å². The van der Waals surface area contributed by atoms with Gasteiger partial charge in [0.15, 0.2) is 0 Å². The van der Waals surface area contributed by atoms with Crippen molar-refractivity contribution in [2.75, 3.05) is 44.4 Å². The van der Waals surface area contributed by atoms with Crippen LogP contribution in [-0.2, 0) is 7.05 Å². The van der Waals surface area contributed by atoms with Gasteiger partial charge in [0.1, 0.15) is 5.69 Å². The van der Waals surface area contributed by atoms with E-state index in [1.807, 2.05) is 79.9 Å². The first-order chi connectivity index (χ1) is 17.2. The molecule has 2 heterocycles. The number of anilines is 3. The Morgan fingerprint density at radius 3 is 2.59 bits per heavy atom. The van der Waals surface area contributed by atoms with Crippen molar-refractivity contribution in [3.63, 3.8) is 0 Å². The molecule has 0 aliphatic heterocycles. The molecule has 1 N–H and O–H groups in total. The molecule has 0 spiro atoms. The third kappa shape index (κ3) is 5.68. The van der Waals surface area contributed by atoms with Crippen LogP contribution in [0.1, 0.15) is 18.6 Å². The second-order valence-electron chi connectivity index (χ2n) is 9.03. The van der Waals surface area contributed by atoms with Crippen molar-refractivity contribution in [1.29, 1.82) is 5.26 Å². The van der Waals surface area contributed by atoms with Crippen LogP contribution in [0.2, 0.25) is 0 Å². The van der Waals surface area contributed by atoms with Crippen molar-refractivity contribution < 1.29 is 4.92 Å². The maximum Gasteiger partial charge on any atom is 0.294 e. The molecule has 2 aromatic carbocycles. The third-order valence-corrected chi connectivity index (χ3v) is 6.11. The average Bonchev–Trinajstić information content (AvgIpc) is 3.19. The van der Waals surface area contributed by atoms with Gasteiger partial charge >= 0.3 is 0 Å². The summed E-state index contributed by atoms with van der Waals surface area (Å²) in [7, 11) is 7.72. The number of hydrogen-bond donors (Lipinski definition) is 1. The van der Waals surface area contributed by atoms with Crippen LogP contribution in [-0.4, -0.2) is 58.6 Å². The molecular weight excluding hydrogens is 468 g/mol. The molecule has 10 heteroatoms. The zero-order valence-corrected chi connectivity index (χ0v) is 21.0. The second-order valence-corrected chi connectivity index (χ2v) is 9.03. The summed E-state index contributed by atoms with van der Waals surface area (Å²) in [5.74, 6) is 0.337. The van der Waals surface area contributed by atoms with E-state index in [0.717, 1.165) is 28.6 Å². The Bertz CT molecular complexity index is 1490. The van der Waals surface area contributed by atoms with E-state index in [1.54, 1.807) is 12.3 Å². The van der Waals surface area contributed by atoms with Crippen LogP contribution in [0.5, 0.6) is 0 Å². The number of likely N-dealkylation sites (N-methyl/N-ethyl adjacent to an activating group) is 2. The zero-order chi connectivity index (χ0) is 26.0. The second kappa shape index (κ2) is 11.1. The maximum absolute atomic E-state index is 11.9. The highest BCUT2D eigenvalue weighted by Crippen LogP contribution is 2.35. The largest absolute Gasteiger partial charge is 0.368 e. The number of nitro benzene ring substituents is 1. The Morgan fingerprint density at radius 2 is 1.92 bits per heavy atom. The summed E-state index contributed by atoms with van der Waals surface area (Å²) in [6.07, 6.45) is 3.62. The predicted molar refractivity (Wildman–Crippen MR) is 148 cm³/mol. The smallest absolute Gasteiger partial charge is 0.294 e. The lowest BCUT2D eigenvalue weighted by atomic mass is 10.1. The topological polar surface area (TPSA) is 116 Å². The summed E-state index contributed by atoms with van der Waals surface area (Å²) in [6, 6.07) is 12.9. The summed E-state index contributed by atoms with van der Waals surface area (Å²) < 4.78 is 1.96. The van der Waals surface area contributed by atoms with Crippen LogP contribution >= 0.6 is 0 Å². The van der Waals surface area contributed by atoms with Gasteiger partial charge in [-0.1, -0.05) is 13.5 Å². The standard InChI is InChI=1S/C26H28N8O2.CH4/c1-17-12-24(32(4)11-10-31(2)3)25(34(35)36)14-22(17)30-26-28-9-8-21(29-26)20-16-33(5)23-13-18(15-27)6-7-19(20)23;/h6-9,12-14,16H,10-11H2,1-5H3,(H,28,29,30);1H4. The fourth-order valence-electron chi connectivity index (χ4n) is 4.09. The molecule has 2 aromatic heterocycles. The minimum absolute atomic E-state index is 0. The molecule has 0 saturated heterocycles. The summed E-state index contributed by atoms with van der Waals surface area (Å²) in [4.78, 5) is 24.5. The van der Waals surface area contributed by atoms with Gasteiger partial charge < -0.3 is 19.7 Å². The molecule has 0 aliphatic rings. The first kappa shape index (κ1) is 27.1. The van der Waals surface area contributed by atoms with Crippen molar-refractivity contribution in [2.45, 2.75) is 14.4 Å². The van der Waals surface area contributed by atoms with Gasteiger partial charge in [-0.3, -0.25) is 10.1 Å². The maximum atomic E-state index is 11.9. The van der Waals surface area contributed by atoms with Crippen LogP contribution in [0.3, 0.4) is 0 Å². The number of nitriles is 1. The van der Waals surface area contributed by atoms with Crippen LogP contribution in [0.25, 0.3) is 22.2 Å². The average molecular weight is 501 g/mol. The fourth-order valence-corrected chi connectivity index (χ4v) is 4.09. The summed E-state index contributed by atoms with van der Waals surface area (Å²) in [5, 5.41) is 25.2. The first-order valence-electron chi connectivity index (χ1n) is 11.4. The molecule has 192 valence electrons. The van der Waals surface area contributed by atoms with Crippen molar-refractivity contribution in [3.8, 4) is 17.3 Å². The number of nitrogens with zero attached hydrogens (tertiary/aromatic N) is 7. The van der Waals surface area contributed by atoms with Crippen LogP contribution in [0, 0.1) is 28.4 Å². The minimum Gasteiger partial charge on any atom is -0.368 e. The fraction of sp³-hybridized carbons (Fsp3) is 0.296. The highest BCUT2D eigenvalue weighted by atomic mass is 16.6. The third-order valence-electron chi connectivity index (χ3n) is 6.11. The molecule has 0 atom stereocenters. The van der Waals surface area contributed by atoms with E-state index in [-0.39, 0.29) is 18.0 Å². The monoisotopic (exact) mass is 500 g/mol. The summed E-state index contributed by atoms with van der Waals surface area (Å²) >= 11 is 0. The number of fused-ring (bicyclic) bond motifs is 1. The quantitative estimate of drug-likeness (QED) is 0.262. The Kier molecular flexibility index (Phi) is 8.10. The molecule has 4 rings (SSSR count). The van der Waals surface area contributed by atoms with Gasteiger partial charge in [0.05, 0.1) is 27.9 Å². The van der Waals surface area contributed by atoms with Gasteiger partial charge in [-0.05, 0) is 50.8 Å². The van der Waals surface area contributed by atoms with E-state index in [0.29, 0.717) is 35.1 Å². The Balaban J connectivity index is 0.00000380. The Morgan fingerprint density at radius 1 is 1.16 bits per heavy atom.